The number of carboxylic acid groups (broad SMARTS) is 1. The second kappa shape index (κ2) is 7.70. The molecule has 0 saturated heterocycles. The van der Waals surface area contributed by atoms with Gasteiger partial charge in [0.1, 0.15) is 5.75 Å². The third-order valence-corrected chi connectivity index (χ3v) is 3.43. The number of ether oxygens (including phenoxy) is 1. The summed E-state index contributed by atoms with van der Waals surface area (Å²) >= 11 is 0. The molecule has 2 aromatic rings. The van der Waals surface area contributed by atoms with Gasteiger partial charge in [-0.15, -0.1) is 0 Å². The van der Waals surface area contributed by atoms with Gasteiger partial charge >= 0.3 is 12.1 Å². The van der Waals surface area contributed by atoms with Gasteiger partial charge in [-0.1, -0.05) is 36.4 Å². The molecule has 130 valence electrons. The number of carbonyl (C=O) groups is 1. The van der Waals surface area contributed by atoms with Crippen molar-refractivity contribution in [2.45, 2.75) is 6.18 Å². The first-order valence-corrected chi connectivity index (χ1v) is 7.24. The van der Waals surface area contributed by atoms with E-state index in [9.17, 15) is 18.0 Å². The monoisotopic (exact) mass is 348 g/mol. The Bertz CT molecular complexity index is 786. The molecule has 0 bridgehead atoms. The third-order valence-electron chi connectivity index (χ3n) is 3.43. The van der Waals surface area contributed by atoms with Crippen molar-refractivity contribution < 1.29 is 27.8 Å². The lowest BCUT2D eigenvalue weighted by Crippen LogP contribution is -2.04. The van der Waals surface area contributed by atoms with Crippen LogP contribution in [0.4, 0.5) is 13.2 Å². The summed E-state index contributed by atoms with van der Waals surface area (Å²) in [5.41, 5.74) is 1.10. The van der Waals surface area contributed by atoms with Gasteiger partial charge in [-0.05, 0) is 41.0 Å². The Balaban J connectivity index is 2.45. The van der Waals surface area contributed by atoms with Crippen molar-refractivity contribution in [2.24, 2.45) is 0 Å². The zero-order valence-electron chi connectivity index (χ0n) is 13.2. The highest BCUT2D eigenvalue weighted by atomic mass is 19.4. The first kappa shape index (κ1) is 18.3. The van der Waals surface area contributed by atoms with Gasteiger partial charge in [0.05, 0.1) is 12.7 Å². The Kier molecular flexibility index (Phi) is 5.64. The van der Waals surface area contributed by atoms with Gasteiger partial charge < -0.3 is 9.84 Å². The van der Waals surface area contributed by atoms with E-state index in [2.05, 4.69) is 0 Å². The van der Waals surface area contributed by atoms with E-state index in [0.717, 1.165) is 23.8 Å². The molecule has 0 fully saturated rings. The van der Waals surface area contributed by atoms with E-state index in [1.807, 2.05) is 0 Å². The van der Waals surface area contributed by atoms with Gasteiger partial charge in [-0.25, -0.2) is 4.79 Å². The summed E-state index contributed by atoms with van der Waals surface area (Å²) < 4.78 is 43.2. The minimum atomic E-state index is -4.41. The van der Waals surface area contributed by atoms with Gasteiger partial charge in [0.15, 0.2) is 0 Å². The molecule has 2 rings (SSSR count). The van der Waals surface area contributed by atoms with E-state index in [4.69, 9.17) is 9.84 Å². The number of hydrogen-bond donors (Lipinski definition) is 1. The zero-order valence-corrected chi connectivity index (χ0v) is 13.2. The van der Waals surface area contributed by atoms with Crippen LogP contribution in [0.2, 0.25) is 0 Å². The van der Waals surface area contributed by atoms with E-state index < -0.39 is 17.7 Å². The van der Waals surface area contributed by atoms with E-state index in [-0.39, 0.29) is 0 Å². The number of carboxylic acids is 1. The highest BCUT2D eigenvalue weighted by Crippen LogP contribution is 2.31. The summed E-state index contributed by atoms with van der Waals surface area (Å²) in [6, 6.07) is 11.6. The van der Waals surface area contributed by atoms with Gasteiger partial charge in [-0.2, -0.15) is 13.2 Å². The Morgan fingerprint density at radius 2 is 1.52 bits per heavy atom. The second-order valence-electron chi connectivity index (χ2n) is 5.08. The molecule has 1 N–H and O–H groups in total. The standard InChI is InChI=1S/C19H15F3O3/c1-25-16-11-7-14(8-12-16)17(3-2-4-18(23)24)13-5-9-15(10-6-13)19(20,21)22/h2-12H,1H3,(H,23,24)/b4-2+,17-3-. The van der Waals surface area contributed by atoms with Crippen LogP contribution < -0.4 is 4.74 Å². The number of benzene rings is 2. The molecule has 6 heteroatoms. The third kappa shape index (κ3) is 4.97. The zero-order chi connectivity index (χ0) is 18.4. The predicted octanol–water partition coefficient (Wildman–Crippen LogP) is 4.79. The summed E-state index contributed by atoms with van der Waals surface area (Å²) in [6.07, 6.45) is -0.586. The number of allylic oxidation sites excluding steroid dienone is 2. The van der Waals surface area contributed by atoms with E-state index in [1.54, 1.807) is 30.3 Å². The molecule has 0 amide bonds. The van der Waals surface area contributed by atoms with Crippen LogP contribution in [0.5, 0.6) is 5.75 Å². The Labute approximate surface area is 142 Å². The fourth-order valence-corrected chi connectivity index (χ4v) is 2.20. The molecule has 0 radical (unpaired) electrons. The molecule has 0 aliphatic rings. The summed E-state index contributed by atoms with van der Waals surface area (Å²) in [4.78, 5) is 10.6. The quantitative estimate of drug-likeness (QED) is 0.624. The predicted molar refractivity (Wildman–Crippen MR) is 88.3 cm³/mol. The maximum Gasteiger partial charge on any atom is 0.416 e. The fourth-order valence-electron chi connectivity index (χ4n) is 2.20. The largest absolute Gasteiger partial charge is 0.497 e. The smallest absolute Gasteiger partial charge is 0.416 e. The Hall–Kier alpha value is -3.02. The van der Waals surface area contributed by atoms with Crippen LogP contribution in [0.3, 0.4) is 0 Å². The lowest BCUT2D eigenvalue weighted by molar-refractivity contribution is -0.137. The van der Waals surface area contributed by atoms with Gasteiger partial charge in [-0.3, -0.25) is 0 Å². The normalized spacial score (nSPS) is 12.4. The number of aliphatic carboxylic acids is 1. The molecule has 0 aliphatic carbocycles. The van der Waals surface area contributed by atoms with Gasteiger partial charge in [0.25, 0.3) is 0 Å². The van der Waals surface area contributed by atoms with Crippen LogP contribution in [0, 0.1) is 0 Å². The summed E-state index contributed by atoms with van der Waals surface area (Å²) in [5.74, 6) is -0.477. The first-order valence-electron chi connectivity index (χ1n) is 7.24. The summed E-state index contributed by atoms with van der Waals surface area (Å²) in [7, 11) is 1.53. The van der Waals surface area contributed by atoms with Crippen LogP contribution >= 0.6 is 0 Å². The molecule has 3 nitrogen and oxygen atoms in total. The van der Waals surface area contributed by atoms with Crippen LogP contribution in [0.25, 0.3) is 5.57 Å². The SMILES string of the molecule is COc1ccc(/C(=C\C=C\C(=O)O)c2ccc(C(F)(F)F)cc2)cc1. The maximum atomic E-state index is 12.7. The fraction of sp³-hybridized carbons (Fsp3) is 0.105. The molecular weight excluding hydrogens is 333 g/mol. The van der Waals surface area contributed by atoms with Crippen LogP contribution in [0.1, 0.15) is 16.7 Å². The molecule has 0 heterocycles. The number of halogens is 3. The van der Waals surface area contributed by atoms with E-state index in [0.29, 0.717) is 16.9 Å². The van der Waals surface area contributed by atoms with Crippen LogP contribution in [0.15, 0.2) is 66.8 Å². The van der Waals surface area contributed by atoms with Crippen molar-refractivity contribution in [3.8, 4) is 5.75 Å². The second-order valence-corrected chi connectivity index (χ2v) is 5.08. The Morgan fingerprint density at radius 1 is 1.00 bits per heavy atom. The molecule has 0 spiro atoms. The maximum absolute atomic E-state index is 12.7. The number of hydrogen-bond acceptors (Lipinski definition) is 2. The van der Waals surface area contributed by atoms with E-state index >= 15 is 0 Å². The van der Waals surface area contributed by atoms with Gasteiger partial charge in [0.2, 0.25) is 0 Å². The molecule has 0 aliphatic heterocycles. The van der Waals surface area contributed by atoms with Crippen molar-refractivity contribution in [3.05, 3.63) is 83.4 Å². The number of methoxy groups -OCH3 is 1. The molecule has 0 aromatic heterocycles. The highest BCUT2D eigenvalue weighted by molar-refractivity contribution is 5.84. The molecule has 2 aromatic carbocycles. The van der Waals surface area contributed by atoms with Crippen LogP contribution in [-0.4, -0.2) is 18.2 Å². The molecule has 25 heavy (non-hydrogen) atoms. The first-order chi connectivity index (χ1) is 11.8. The topological polar surface area (TPSA) is 46.5 Å². The molecule has 0 unspecified atom stereocenters. The molecular formula is C19H15F3O3. The van der Waals surface area contributed by atoms with Crippen molar-refractivity contribution in [3.63, 3.8) is 0 Å². The summed E-state index contributed by atoms with van der Waals surface area (Å²) in [5, 5.41) is 8.70. The summed E-state index contributed by atoms with van der Waals surface area (Å²) in [6.45, 7) is 0. The minimum Gasteiger partial charge on any atom is -0.497 e. The Morgan fingerprint density at radius 3 is 1.96 bits per heavy atom. The average Bonchev–Trinajstić information content (AvgIpc) is 2.58. The number of rotatable bonds is 5. The minimum absolute atomic E-state index is 0.535. The number of alkyl halides is 3. The van der Waals surface area contributed by atoms with Crippen molar-refractivity contribution in [2.75, 3.05) is 7.11 Å². The van der Waals surface area contributed by atoms with Crippen molar-refractivity contribution in [1.29, 1.82) is 0 Å². The van der Waals surface area contributed by atoms with Crippen molar-refractivity contribution in [1.82, 2.24) is 0 Å². The van der Waals surface area contributed by atoms with Crippen molar-refractivity contribution >= 4 is 11.5 Å². The lowest BCUT2D eigenvalue weighted by Gasteiger charge is -2.11. The van der Waals surface area contributed by atoms with Crippen LogP contribution in [-0.2, 0) is 11.0 Å². The molecule has 0 saturated carbocycles. The average molecular weight is 348 g/mol. The molecule has 0 atom stereocenters. The van der Waals surface area contributed by atoms with E-state index in [1.165, 1.54) is 25.3 Å². The highest BCUT2D eigenvalue weighted by Gasteiger charge is 2.30. The van der Waals surface area contributed by atoms with Gasteiger partial charge in [0, 0.05) is 6.08 Å². The lowest BCUT2D eigenvalue weighted by atomic mass is 9.96.